The molecule has 80 valence electrons. The van der Waals surface area contributed by atoms with E-state index in [1.54, 1.807) is 18.2 Å². The quantitative estimate of drug-likeness (QED) is 0.686. The fourth-order valence-corrected chi connectivity index (χ4v) is 1.40. The van der Waals surface area contributed by atoms with E-state index in [0.29, 0.717) is 16.3 Å². The number of carbonyl (C=O) groups excluding carboxylic acids is 1. The lowest BCUT2D eigenvalue weighted by Gasteiger charge is -2.09. The number of benzene rings is 1. The molecule has 6 heteroatoms. The number of thiocarbonyl (C=S) groups is 1. The Kier molecular flexibility index (Phi) is 3.88. The molecule has 0 aliphatic rings. The Hall–Kier alpha value is -1.33. The molecule has 0 aliphatic carbocycles. The molecule has 5 N–H and O–H groups in total. The molecular formula is C9H10ClN3OS. The van der Waals surface area contributed by atoms with Gasteiger partial charge in [0.05, 0.1) is 6.54 Å². The smallest absolute Gasteiger partial charge is 0.236 e. The molecule has 0 aliphatic heterocycles. The fourth-order valence-electron chi connectivity index (χ4n) is 1.06. The lowest BCUT2D eigenvalue weighted by Crippen LogP contribution is -2.23. The number of amides is 1. The van der Waals surface area contributed by atoms with E-state index in [1.807, 2.05) is 0 Å². The Morgan fingerprint density at radius 2 is 2.13 bits per heavy atom. The monoisotopic (exact) mass is 243 g/mol. The molecule has 0 bridgehead atoms. The van der Waals surface area contributed by atoms with Gasteiger partial charge in [0.25, 0.3) is 0 Å². The van der Waals surface area contributed by atoms with Crippen molar-refractivity contribution in [2.45, 2.75) is 0 Å². The van der Waals surface area contributed by atoms with Gasteiger partial charge >= 0.3 is 0 Å². The first-order chi connectivity index (χ1) is 7.00. The minimum Gasteiger partial charge on any atom is -0.389 e. The molecule has 1 aromatic carbocycles. The Balaban J connectivity index is 2.95. The standard InChI is InChI=1S/C9H10ClN3OS/c10-5-1-2-7(13-4-8(11)14)6(3-5)9(12)15/h1-3,13H,4H2,(H2,11,14)(H2,12,15). The number of carbonyl (C=O) groups is 1. The van der Waals surface area contributed by atoms with Gasteiger partial charge in [0, 0.05) is 16.3 Å². The third-order valence-electron chi connectivity index (χ3n) is 1.70. The van der Waals surface area contributed by atoms with Gasteiger partial charge in [0.2, 0.25) is 5.91 Å². The number of anilines is 1. The lowest BCUT2D eigenvalue weighted by atomic mass is 10.2. The summed E-state index contributed by atoms with van der Waals surface area (Å²) in [7, 11) is 0. The highest BCUT2D eigenvalue weighted by atomic mass is 35.5. The number of nitrogens with one attached hydrogen (secondary N) is 1. The number of halogens is 1. The van der Waals surface area contributed by atoms with Crippen LogP contribution in [-0.2, 0) is 4.79 Å². The van der Waals surface area contributed by atoms with Crippen LogP contribution in [-0.4, -0.2) is 17.4 Å². The first-order valence-electron chi connectivity index (χ1n) is 4.12. The minimum atomic E-state index is -0.459. The predicted octanol–water partition coefficient (Wildman–Crippen LogP) is 0.871. The SMILES string of the molecule is NC(=O)CNc1ccc(Cl)cc1C(N)=S. The molecule has 0 atom stereocenters. The van der Waals surface area contributed by atoms with Crippen molar-refractivity contribution in [2.75, 3.05) is 11.9 Å². The van der Waals surface area contributed by atoms with Gasteiger partial charge in [0.15, 0.2) is 0 Å². The zero-order chi connectivity index (χ0) is 11.4. The largest absolute Gasteiger partial charge is 0.389 e. The summed E-state index contributed by atoms with van der Waals surface area (Å²) < 4.78 is 0. The van der Waals surface area contributed by atoms with Crippen molar-refractivity contribution in [1.82, 2.24) is 0 Å². The van der Waals surface area contributed by atoms with Crippen molar-refractivity contribution in [2.24, 2.45) is 11.5 Å². The zero-order valence-electron chi connectivity index (χ0n) is 7.79. The highest BCUT2D eigenvalue weighted by Crippen LogP contribution is 2.20. The molecule has 0 unspecified atom stereocenters. The van der Waals surface area contributed by atoms with Crippen LogP contribution in [0.15, 0.2) is 18.2 Å². The summed E-state index contributed by atoms with van der Waals surface area (Å²) in [5, 5.41) is 3.35. The summed E-state index contributed by atoms with van der Waals surface area (Å²) in [4.78, 5) is 10.8. The van der Waals surface area contributed by atoms with Crippen LogP contribution >= 0.6 is 23.8 Å². The molecule has 0 heterocycles. The first-order valence-corrected chi connectivity index (χ1v) is 4.91. The van der Waals surface area contributed by atoms with E-state index >= 15 is 0 Å². The van der Waals surface area contributed by atoms with Crippen LogP contribution < -0.4 is 16.8 Å². The first kappa shape index (κ1) is 11.7. The zero-order valence-corrected chi connectivity index (χ0v) is 9.36. The average molecular weight is 244 g/mol. The minimum absolute atomic E-state index is 0.0250. The van der Waals surface area contributed by atoms with Gasteiger partial charge in [-0.05, 0) is 18.2 Å². The molecule has 0 saturated carbocycles. The Labute approximate surface area is 97.6 Å². The van der Waals surface area contributed by atoms with Crippen LogP contribution in [0.1, 0.15) is 5.56 Å². The number of primary amides is 1. The molecule has 1 rings (SSSR count). The van der Waals surface area contributed by atoms with Crippen molar-refractivity contribution in [3.8, 4) is 0 Å². The summed E-state index contributed by atoms with van der Waals surface area (Å²) in [5.74, 6) is -0.459. The van der Waals surface area contributed by atoms with Gasteiger partial charge in [0.1, 0.15) is 4.99 Å². The van der Waals surface area contributed by atoms with E-state index in [0.717, 1.165) is 0 Å². The molecule has 0 aromatic heterocycles. The van der Waals surface area contributed by atoms with Crippen molar-refractivity contribution in [3.05, 3.63) is 28.8 Å². The Morgan fingerprint density at radius 3 is 2.67 bits per heavy atom. The number of rotatable bonds is 4. The Morgan fingerprint density at radius 1 is 1.47 bits per heavy atom. The van der Waals surface area contributed by atoms with Gasteiger partial charge in [-0.3, -0.25) is 4.79 Å². The molecule has 1 aromatic rings. The number of nitrogens with two attached hydrogens (primary N) is 2. The third-order valence-corrected chi connectivity index (χ3v) is 2.16. The Bertz CT molecular complexity index is 408. The van der Waals surface area contributed by atoms with E-state index in [1.165, 1.54) is 0 Å². The van der Waals surface area contributed by atoms with E-state index in [9.17, 15) is 4.79 Å². The van der Waals surface area contributed by atoms with Crippen molar-refractivity contribution in [3.63, 3.8) is 0 Å². The molecule has 4 nitrogen and oxygen atoms in total. The van der Waals surface area contributed by atoms with Gasteiger partial charge in [-0.25, -0.2) is 0 Å². The van der Waals surface area contributed by atoms with Crippen molar-refractivity contribution >= 4 is 40.4 Å². The second kappa shape index (κ2) is 4.95. The average Bonchev–Trinajstić information content (AvgIpc) is 2.15. The second-order valence-corrected chi connectivity index (χ2v) is 3.75. The van der Waals surface area contributed by atoms with Crippen LogP contribution in [0.25, 0.3) is 0 Å². The van der Waals surface area contributed by atoms with Gasteiger partial charge in [-0.2, -0.15) is 0 Å². The molecular weight excluding hydrogens is 234 g/mol. The molecule has 15 heavy (non-hydrogen) atoms. The van der Waals surface area contributed by atoms with Crippen LogP contribution in [0.3, 0.4) is 0 Å². The van der Waals surface area contributed by atoms with Gasteiger partial charge in [-0.15, -0.1) is 0 Å². The van der Waals surface area contributed by atoms with Gasteiger partial charge in [-0.1, -0.05) is 23.8 Å². The highest BCUT2D eigenvalue weighted by Gasteiger charge is 2.06. The van der Waals surface area contributed by atoms with Crippen molar-refractivity contribution < 1.29 is 4.79 Å². The molecule has 0 radical (unpaired) electrons. The molecule has 1 amide bonds. The van der Waals surface area contributed by atoms with Crippen LogP contribution in [0.2, 0.25) is 5.02 Å². The highest BCUT2D eigenvalue weighted by molar-refractivity contribution is 7.80. The third kappa shape index (κ3) is 3.38. The van der Waals surface area contributed by atoms with Crippen LogP contribution in [0, 0.1) is 0 Å². The normalized spacial score (nSPS) is 9.67. The van der Waals surface area contributed by atoms with Crippen LogP contribution in [0.5, 0.6) is 0 Å². The number of hydrogen-bond acceptors (Lipinski definition) is 3. The number of hydrogen-bond donors (Lipinski definition) is 3. The molecule has 0 spiro atoms. The predicted molar refractivity (Wildman–Crippen MR) is 65.0 cm³/mol. The fraction of sp³-hybridized carbons (Fsp3) is 0.111. The van der Waals surface area contributed by atoms with E-state index in [2.05, 4.69) is 5.32 Å². The summed E-state index contributed by atoms with van der Waals surface area (Å²) >= 11 is 10.6. The van der Waals surface area contributed by atoms with Crippen molar-refractivity contribution in [1.29, 1.82) is 0 Å². The van der Waals surface area contributed by atoms with E-state index in [4.69, 9.17) is 35.3 Å². The lowest BCUT2D eigenvalue weighted by molar-refractivity contribution is -0.116. The maximum absolute atomic E-state index is 10.6. The molecule has 0 fully saturated rings. The summed E-state index contributed by atoms with van der Waals surface area (Å²) in [6.45, 7) is 0.0250. The topological polar surface area (TPSA) is 81.1 Å². The second-order valence-electron chi connectivity index (χ2n) is 2.87. The molecule has 0 saturated heterocycles. The summed E-state index contributed by atoms with van der Waals surface area (Å²) in [6.07, 6.45) is 0. The van der Waals surface area contributed by atoms with Gasteiger partial charge < -0.3 is 16.8 Å². The van der Waals surface area contributed by atoms with E-state index < -0.39 is 5.91 Å². The maximum Gasteiger partial charge on any atom is 0.236 e. The maximum atomic E-state index is 10.6. The van der Waals surface area contributed by atoms with E-state index in [-0.39, 0.29) is 11.5 Å². The van der Waals surface area contributed by atoms with Crippen LogP contribution in [0.4, 0.5) is 5.69 Å². The summed E-state index contributed by atoms with van der Waals surface area (Å²) in [5.41, 5.74) is 11.8. The summed E-state index contributed by atoms with van der Waals surface area (Å²) in [6, 6.07) is 5.00.